The van der Waals surface area contributed by atoms with Crippen LogP contribution in [0.3, 0.4) is 0 Å². The van der Waals surface area contributed by atoms with Gasteiger partial charge in [0.1, 0.15) is 5.69 Å². The SMILES string of the molecule is CC(=O)NCc1cn(C2CCC2O)nn1. The van der Waals surface area contributed by atoms with Crippen LogP contribution in [0.5, 0.6) is 0 Å². The molecule has 2 unspecified atom stereocenters. The maximum atomic E-state index is 10.7. The summed E-state index contributed by atoms with van der Waals surface area (Å²) in [7, 11) is 0. The second kappa shape index (κ2) is 3.98. The van der Waals surface area contributed by atoms with Crippen LogP contribution in [-0.2, 0) is 11.3 Å². The molecule has 1 fully saturated rings. The van der Waals surface area contributed by atoms with E-state index in [1.165, 1.54) is 6.92 Å². The summed E-state index contributed by atoms with van der Waals surface area (Å²) >= 11 is 0. The molecule has 6 nitrogen and oxygen atoms in total. The minimum absolute atomic E-state index is 0.0589. The number of rotatable bonds is 3. The van der Waals surface area contributed by atoms with Crippen molar-refractivity contribution in [2.24, 2.45) is 0 Å². The van der Waals surface area contributed by atoms with E-state index in [0.717, 1.165) is 12.8 Å². The van der Waals surface area contributed by atoms with Crippen molar-refractivity contribution in [2.45, 2.75) is 38.5 Å². The van der Waals surface area contributed by atoms with E-state index in [2.05, 4.69) is 15.6 Å². The summed E-state index contributed by atoms with van der Waals surface area (Å²) < 4.78 is 1.67. The third kappa shape index (κ3) is 2.15. The van der Waals surface area contributed by atoms with Crippen molar-refractivity contribution in [3.8, 4) is 0 Å². The Kier molecular flexibility index (Phi) is 2.68. The molecule has 0 aliphatic heterocycles. The van der Waals surface area contributed by atoms with Crippen LogP contribution >= 0.6 is 0 Å². The van der Waals surface area contributed by atoms with Crippen LogP contribution in [0.25, 0.3) is 0 Å². The predicted octanol–water partition coefficient (Wildman–Crippen LogP) is -0.390. The lowest BCUT2D eigenvalue weighted by atomic mass is 9.89. The average Bonchev–Trinajstić information content (AvgIpc) is 2.61. The molecule has 1 saturated carbocycles. The topological polar surface area (TPSA) is 80.0 Å². The van der Waals surface area contributed by atoms with Gasteiger partial charge in [-0.25, -0.2) is 4.68 Å². The average molecular weight is 210 g/mol. The highest BCUT2D eigenvalue weighted by molar-refractivity contribution is 5.72. The van der Waals surface area contributed by atoms with E-state index in [1.807, 2.05) is 0 Å². The summed E-state index contributed by atoms with van der Waals surface area (Å²) in [6.45, 7) is 1.85. The van der Waals surface area contributed by atoms with E-state index >= 15 is 0 Å². The zero-order chi connectivity index (χ0) is 10.8. The lowest BCUT2D eigenvalue weighted by Gasteiger charge is -2.31. The summed E-state index contributed by atoms with van der Waals surface area (Å²) in [6, 6.07) is 0.0589. The van der Waals surface area contributed by atoms with Crippen molar-refractivity contribution in [1.82, 2.24) is 20.3 Å². The molecule has 0 radical (unpaired) electrons. The Morgan fingerprint density at radius 2 is 2.53 bits per heavy atom. The number of carbonyl (C=O) groups excluding carboxylic acids is 1. The van der Waals surface area contributed by atoms with Crippen molar-refractivity contribution < 1.29 is 9.90 Å². The molecule has 1 aliphatic rings. The predicted molar refractivity (Wildman–Crippen MR) is 51.8 cm³/mol. The summed E-state index contributed by atoms with van der Waals surface area (Å²) in [5.74, 6) is -0.0896. The molecule has 82 valence electrons. The molecule has 0 spiro atoms. The fraction of sp³-hybridized carbons (Fsp3) is 0.667. The van der Waals surface area contributed by atoms with E-state index in [4.69, 9.17) is 0 Å². The zero-order valence-corrected chi connectivity index (χ0v) is 8.55. The van der Waals surface area contributed by atoms with Gasteiger partial charge in [-0.15, -0.1) is 5.10 Å². The van der Waals surface area contributed by atoms with Crippen LogP contribution in [0.4, 0.5) is 0 Å². The standard InChI is InChI=1S/C9H14N4O2/c1-6(14)10-4-7-5-13(12-11-7)8-2-3-9(8)15/h5,8-9,15H,2-4H2,1H3,(H,10,14). The van der Waals surface area contributed by atoms with Crippen molar-refractivity contribution in [2.75, 3.05) is 0 Å². The van der Waals surface area contributed by atoms with Gasteiger partial charge in [0, 0.05) is 6.92 Å². The first-order valence-corrected chi connectivity index (χ1v) is 5.00. The van der Waals surface area contributed by atoms with Crippen molar-refractivity contribution in [3.63, 3.8) is 0 Å². The van der Waals surface area contributed by atoms with Crippen molar-refractivity contribution in [3.05, 3.63) is 11.9 Å². The fourth-order valence-electron chi connectivity index (χ4n) is 1.54. The Hall–Kier alpha value is -1.43. The van der Waals surface area contributed by atoms with Crippen molar-refractivity contribution >= 4 is 5.91 Å². The minimum atomic E-state index is -0.305. The number of amides is 1. The van der Waals surface area contributed by atoms with E-state index in [1.54, 1.807) is 10.9 Å². The van der Waals surface area contributed by atoms with Crippen LogP contribution in [0.2, 0.25) is 0 Å². The second-order valence-electron chi connectivity index (χ2n) is 3.81. The quantitative estimate of drug-likeness (QED) is 0.712. The highest BCUT2D eigenvalue weighted by Gasteiger charge is 2.31. The molecular weight excluding hydrogens is 196 g/mol. The second-order valence-corrected chi connectivity index (χ2v) is 3.81. The Morgan fingerprint density at radius 1 is 1.73 bits per heavy atom. The van der Waals surface area contributed by atoms with Crippen LogP contribution < -0.4 is 5.32 Å². The van der Waals surface area contributed by atoms with Gasteiger partial charge in [-0.1, -0.05) is 5.21 Å². The van der Waals surface area contributed by atoms with Gasteiger partial charge in [-0.05, 0) is 12.8 Å². The fourth-order valence-corrected chi connectivity index (χ4v) is 1.54. The first-order chi connectivity index (χ1) is 7.16. The number of aromatic nitrogens is 3. The Labute approximate surface area is 87.3 Å². The first kappa shape index (κ1) is 10.1. The lowest BCUT2D eigenvalue weighted by Crippen LogP contribution is -2.34. The lowest BCUT2D eigenvalue weighted by molar-refractivity contribution is -0.119. The van der Waals surface area contributed by atoms with Gasteiger partial charge in [0.05, 0.1) is 24.9 Å². The molecule has 0 aromatic carbocycles. The van der Waals surface area contributed by atoms with Gasteiger partial charge < -0.3 is 10.4 Å². The summed E-state index contributed by atoms with van der Waals surface area (Å²) in [5, 5.41) is 19.9. The summed E-state index contributed by atoms with van der Waals surface area (Å²) in [6.07, 6.45) is 3.22. The molecule has 1 amide bonds. The minimum Gasteiger partial charge on any atom is -0.391 e. The van der Waals surface area contributed by atoms with E-state index in [9.17, 15) is 9.90 Å². The number of aliphatic hydroxyl groups excluding tert-OH is 1. The van der Waals surface area contributed by atoms with Gasteiger partial charge in [-0.2, -0.15) is 0 Å². The van der Waals surface area contributed by atoms with Gasteiger partial charge >= 0.3 is 0 Å². The Morgan fingerprint density at radius 3 is 3.07 bits per heavy atom. The first-order valence-electron chi connectivity index (χ1n) is 5.00. The molecule has 0 bridgehead atoms. The Balaban J connectivity index is 1.95. The molecule has 1 aliphatic carbocycles. The number of hydrogen-bond acceptors (Lipinski definition) is 4. The highest BCUT2D eigenvalue weighted by Crippen LogP contribution is 2.31. The molecule has 2 N–H and O–H groups in total. The van der Waals surface area contributed by atoms with Gasteiger partial charge in [0.2, 0.25) is 5.91 Å². The number of nitrogens with one attached hydrogen (secondary N) is 1. The molecule has 1 heterocycles. The van der Waals surface area contributed by atoms with Crippen LogP contribution in [0, 0.1) is 0 Å². The monoisotopic (exact) mass is 210 g/mol. The molecule has 2 atom stereocenters. The van der Waals surface area contributed by atoms with E-state index < -0.39 is 0 Å². The van der Waals surface area contributed by atoms with Gasteiger partial charge in [0.15, 0.2) is 0 Å². The van der Waals surface area contributed by atoms with Crippen LogP contribution in [-0.4, -0.2) is 32.1 Å². The molecule has 6 heteroatoms. The smallest absolute Gasteiger partial charge is 0.217 e. The normalized spacial score (nSPS) is 24.7. The number of aliphatic hydroxyl groups is 1. The third-order valence-corrected chi connectivity index (χ3v) is 2.62. The van der Waals surface area contributed by atoms with Crippen LogP contribution in [0.1, 0.15) is 31.5 Å². The Bertz CT molecular complexity index is 363. The van der Waals surface area contributed by atoms with Crippen molar-refractivity contribution in [1.29, 1.82) is 0 Å². The molecule has 15 heavy (non-hydrogen) atoms. The highest BCUT2D eigenvalue weighted by atomic mass is 16.3. The molecular formula is C9H14N4O2. The molecule has 1 aromatic heterocycles. The number of nitrogens with zero attached hydrogens (tertiary/aromatic N) is 3. The van der Waals surface area contributed by atoms with Gasteiger partial charge in [-0.3, -0.25) is 4.79 Å². The van der Waals surface area contributed by atoms with E-state index in [-0.39, 0.29) is 18.1 Å². The summed E-state index contributed by atoms with van der Waals surface area (Å²) in [4.78, 5) is 10.7. The number of hydrogen-bond donors (Lipinski definition) is 2. The summed E-state index contributed by atoms with van der Waals surface area (Å²) in [5.41, 5.74) is 0.712. The van der Waals surface area contributed by atoms with E-state index in [0.29, 0.717) is 12.2 Å². The molecule has 2 rings (SSSR count). The maximum Gasteiger partial charge on any atom is 0.217 e. The third-order valence-electron chi connectivity index (χ3n) is 2.62. The molecule has 0 saturated heterocycles. The largest absolute Gasteiger partial charge is 0.391 e. The van der Waals surface area contributed by atoms with Gasteiger partial charge in [0.25, 0.3) is 0 Å². The maximum absolute atomic E-state index is 10.7. The van der Waals surface area contributed by atoms with Crippen LogP contribution in [0.15, 0.2) is 6.20 Å². The zero-order valence-electron chi connectivity index (χ0n) is 8.55. The number of carbonyl (C=O) groups is 1. The molecule has 1 aromatic rings.